The number of nitrogens with one attached hydrogen (secondary N) is 1. The Morgan fingerprint density at radius 1 is 1.42 bits per heavy atom. The molecule has 1 aliphatic heterocycles. The number of amides is 1. The summed E-state index contributed by atoms with van der Waals surface area (Å²) in [6.07, 6.45) is 1.15. The second-order valence-electron chi connectivity index (χ2n) is 4.79. The molecule has 1 fully saturated rings. The summed E-state index contributed by atoms with van der Waals surface area (Å²) in [7, 11) is 0. The Balaban J connectivity index is 1.94. The molecule has 3 N–H and O–H groups in total. The third kappa shape index (κ3) is 4.14. The van der Waals surface area contributed by atoms with Crippen LogP contribution < -0.4 is 11.1 Å². The highest BCUT2D eigenvalue weighted by atomic mass is 32.2. The summed E-state index contributed by atoms with van der Waals surface area (Å²) in [4.78, 5) is 14.5. The molecule has 1 atom stereocenters. The molecule has 1 heterocycles. The molecule has 0 radical (unpaired) electrons. The summed E-state index contributed by atoms with van der Waals surface area (Å²) in [5.74, 6) is 2.34. The van der Waals surface area contributed by atoms with Crippen LogP contribution in [0.1, 0.15) is 13.3 Å². The first-order valence-electron chi connectivity index (χ1n) is 6.65. The van der Waals surface area contributed by atoms with Crippen LogP contribution in [0.2, 0.25) is 0 Å². The van der Waals surface area contributed by atoms with Crippen molar-refractivity contribution >= 4 is 29.0 Å². The van der Waals surface area contributed by atoms with Crippen LogP contribution >= 0.6 is 11.8 Å². The number of nitrogens with two attached hydrogens (primary N) is 1. The zero-order valence-electron chi connectivity index (χ0n) is 11.3. The molecule has 1 amide bonds. The monoisotopic (exact) mass is 279 g/mol. The lowest BCUT2D eigenvalue weighted by atomic mass is 10.2. The Labute approximate surface area is 118 Å². The molecule has 0 aliphatic carbocycles. The van der Waals surface area contributed by atoms with Gasteiger partial charge in [0.1, 0.15) is 0 Å². The molecule has 5 heteroatoms. The average Bonchev–Trinajstić information content (AvgIpc) is 2.66. The topological polar surface area (TPSA) is 58.4 Å². The number of nitrogens with zero attached hydrogens (tertiary/aromatic N) is 1. The quantitative estimate of drug-likeness (QED) is 0.831. The molecule has 1 unspecified atom stereocenters. The fraction of sp³-hybridized carbons (Fsp3) is 0.500. The van der Waals surface area contributed by atoms with E-state index in [-0.39, 0.29) is 11.9 Å². The Kier molecular flexibility index (Phi) is 5.10. The van der Waals surface area contributed by atoms with E-state index in [1.165, 1.54) is 5.75 Å². The molecular formula is C14H21N3OS. The fourth-order valence-corrected chi connectivity index (χ4v) is 3.08. The van der Waals surface area contributed by atoms with Crippen LogP contribution in [-0.2, 0) is 4.79 Å². The maximum atomic E-state index is 12.2. The molecule has 0 bridgehead atoms. The number of carbonyl (C=O) groups excluding carboxylic acids is 1. The first-order valence-corrected chi connectivity index (χ1v) is 7.80. The molecule has 0 saturated carbocycles. The van der Waals surface area contributed by atoms with Crippen LogP contribution in [0.3, 0.4) is 0 Å². The minimum absolute atomic E-state index is 0.0394. The van der Waals surface area contributed by atoms with Crippen molar-refractivity contribution in [2.75, 3.05) is 35.6 Å². The van der Waals surface area contributed by atoms with E-state index >= 15 is 0 Å². The van der Waals surface area contributed by atoms with Gasteiger partial charge < -0.3 is 11.1 Å². The maximum Gasteiger partial charge on any atom is 0.241 e. The number of rotatable bonds is 3. The lowest BCUT2D eigenvalue weighted by Crippen LogP contribution is -2.43. The number of anilines is 2. The summed E-state index contributed by atoms with van der Waals surface area (Å²) in [5.41, 5.74) is 7.14. The van der Waals surface area contributed by atoms with Gasteiger partial charge in [-0.1, -0.05) is 6.07 Å². The van der Waals surface area contributed by atoms with Crippen molar-refractivity contribution in [1.29, 1.82) is 0 Å². The van der Waals surface area contributed by atoms with Crippen LogP contribution in [0, 0.1) is 0 Å². The first kappa shape index (κ1) is 14.2. The summed E-state index contributed by atoms with van der Waals surface area (Å²) in [5, 5.41) is 2.93. The Morgan fingerprint density at radius 2 is 2.26 bits per heavy atom. The zero-order valence-corrected chi connectivity index (χ0v) is 12.1. The third-order valence-corrected chi connectivity index (χ3v) is 4.39. The van der Waals surface area contributed by atoms with E-state index in [4.69, 9.17) is 5.73 Å². The van der Waals surface area contributed by atoms with Gasteiger partial charge in [0.05, 0.1) is 6.04 Å². The lowest BCUT2D eigenvalue weighted by Gasteiger charge is -2.26. The highest BCUT2D eigenvalue weighted by Crippen LogP contribution is 2.15. The van der Waals surface area contributed by atoms with Crippen molar-refractivity contribution in [2.45, 2.75) is 19.4 Å². The van der Waals surface area contributed by atoms with Crippen LogP contribution in [-0.4, -0.2) is 41.4 Å². The van der Waals surface area contributed by atoms with Crippen molar-refractivity contribution in [2.24, 2.45) is 0 Å². The van der Waals surface area contributed by atoms with E-state index in [9.17, 15) is 4.79 Å². The predicted octanol–water partition coefficient (Wildman–Crippen LogP) is 2.03. The van der Waals surface area contributed by atoms with Crippen LogP contribution in [0.4, 0.5) is 11.4 Å². The van der Waals surface area contributed by atoms with Gasteiger partial charge in [0.15, 0.2) is 0 Å². The summed E-state index contributed by atoms with van der Waals surface area (Å²) < 4.78 is 0. The number of hydrogen-bond donors (Lipinski definition) is 2. The minimum atomic E-state index is -0.0971. The highest BCUT2D eigenvalue weighted by Gasteiger charge is 2.22. The SMILES string of the molecule is CC(C(=O)Nc1cccc(N)c1)N1CCCSCC1. The van der Waals surface area contributed by atoms with Gasteiger partial charge in [0.2, 0.25) is 5.91 Å². The van der Waals surface area contributed by atoms with Gasteiger partial charge in [-0.3, -0.25) is 9.69 Å². The van der Waals surface area contributed by atoms with E-state index in [1.54, 1.807) is 6.07 Å². The third-order valence-electron chi connectivity index (χ3n) is 3.34. The molecule has 104 valence electrons. The summed E-state index contributed by atoms with van der Waals surface area (Å²) in [6, 6.07) is 7.20. The van der Waals surface area contributed by atoms with Gasteiger partial charge in [-0.25, -0.2) is 0 Å². The predicted molar refractivity (Wildman–Crippen MR) is 82.5 cm³/mol. The molecule has 2 rings (SSSR count). The van der Waals surface area contributed by atoms with Gasteiger partial charge >= 0.3 is 0 Å². The number of benzene rings is 1. The summed E-state index contributed by atoms with van der Waals surface area (Å²) >= 11 is 1.96. The number of thioether (sulfide) groups is 1. The van der Waals surface area contributed by atoms with Gasteiger partial charge in [-0.2, -0.15) is 11.8 Å². The highest BCUT2D eigenvalue weighted by molar-refractivity contribution is 7.99. The number of hydrogen-bond acceptors (Lipinski definition) is 4. The van der Waals surface area contributed by atoms with E-state index < -0.39 is 0 Å². The van der Waals surface area contributed by atoms with Crippen LogP contribution in [0.25, 0.3) is 0 Å². The Morgan fingerprint density at radius 3 is 3.05 bits per heavy atom. The molecule has 1 aromatic rings. The lowest BCUT2D eigenvalue weighted by molar-refractivity contribution is -0.120. The van der Waals surface area contributed by atoms with Crippen molar-refractivity contribution in [3.63, 3.8) is 0 Å². The maximum absolute atomic E-state index is 12.2. The second kappa shape index (κ2) is 6.82. The molecule has 0 spiro atoms. The molecule has 1 aliphatic rings. The average molecular weight is 279 g/mol. The molecular weight excluding hydrogens is 258 g/mol. The molecule has 19 heavy (non-hydrogen) atoms. The van der Waals surface area contributed by atoms with Crippen LogP contribution in [0.15, 0.2) is 24.3 Å². The molecule has 1 aromatic carbocycles. The molecule has 0 aromatic heterocycles. The first-order chi connectivity index (χ1) is 9.16. The Hall–Kier alpha value is -1.20. The van der Waals surface area contributed by atoms with Crippen molar-refractivity contribution in [1.82, 2.24) is 4.90 Å². The minimum Gasteiger partial charge on any atom is -0.399 e. The smallest absolute Gasteiger partial charge is 0.241 e. The Bertz CT molecular complexity index is 430. The summed E-state index contributed by atoms with van der Waals surface area (Å²) in [6.45, 7) is 3.95. The van der Waals surface area contributed by atoms with Crippen molar-refractivity contribution in [3.8, 4) is 0 Å². The van der Waals surface area contributed by atoms with E-state index in [0.717, 1.165) is 31.0 Å². The zero-order chi connectivity index (χ0) is 13.7. The number of nitrogen functional groups attached to an aromatic ring is 1. The normalized spacial score (nSPS) is 18.6. The second-order valence-corrected chi connectivity index (χ2v) is 6.02. The molecule has 1 saturated heterocycles. The van der Waals surface area contributed by atoms with Gasteiger partial charge in [-0.05, 0) is 43.8 Å². The van der Waals surface area contributed by atoms with Gasteiger partial charge in [0.25, 0.3) is 0 Å². The van der Waals surface area contributed by atoms with Gasteiger partial charge in [-0.15, -0.1) is 0 Å². The van der Waals surface area contributed by atoms with E-state index in [0.29, 0.717) is 5.69 Å². The van der Waals surface area contributed by atoms with Crippen LogP contribution in [0.5, 0.6) is 0 Å². The van der Waals surface area contributed by atoms with Crippen molar-refractivity contribution < 1.29 is 4.79 Å². The van der Waals surface area contributed by atoms with E-state index in [2.05, 4.69) is 10.2 Å². The standard InChI is InChI=1S/C14H21N3OS/c1-11(17-6-3-8-19-9-7-17)14(18)16-13-5-2-4-12(15)10-13/h2,4-5,10-11H,3,6-9,15H2,1H3,(H,16,18). The van der Waals surface area contributed by atoms with E-state index in [1.807, 2.05) is 36.9 Å². The van der Waals surface area contributed by atoms with Gasteiger partial charge in [0, 0.05) is 23.7 Å². The van der Waals surface area contributed by atoms with Crippen molar-refractivity contribution in [3.05, 3.63) is 24.3 Å². The fourth-order valence-electron chi connectivity index (χ4n) is 2.18. The largest absolute Gasteiger partial charge is 0.399 e. The molecule has 4 nitrogen and oxygen atoms in total. The number of carbonyl (C=O) groups is 1.